The fourth-order valence-corrected chi connectivity index (χ4v) is 5.65. The lowest BCUT2D eigenvalue weighted by Crippen LogP contribution is -2.55. The van der Waals surface area contributed by atoms with Crippen LogP contribution in [0.1, 0.15) is 35.0 Å². The maximum Gasteiger partial charge on any atom is 0.184 e. The number of fused-ring (bicyclic) bond motifs is 1. The largest absolute Gasteiger partial charge is 0.376 e. The van der Waals surface area contributed by atoms with Gasteiger partial charge in [0.05, 0.1) is 38.6 Å². The Morgan fingerprint density at radius 2 is 1.05 bits per heavy atom. The summed E-state index contributed by atoms with van der Waals surface area (Å²) in [5.41, 5.74) is 4.40. The molecule has 1 aliphatic heterocycles. The highest BCUT2D eigenvalue weighted by molar-refractivity contribution is 5.19. The first-order chi connectivity index (χ1) is 19.8. The van der Waals surface area contributed by atoms with Gasteiger partial charge in [-0.15, -0.1) is 0 Å². The maximum atomic E-state index is 6.69. The third-order valence-corrected chi connectivity index (χ3v) is 7.68. The van der Waals surface area contributed by atoms with Crippen LogP contribution in [0.2, 0.25) is 0 Å². The van der Waals surface area contributed by atoms with E-state index in [2.05, 4.69) is 36.4 Å². The van der Waals surface area contributed by atoms with Crippen LogP contribution in [0.3, 0.4) is 0 Å². The van der Waals surface area contributed by atoms with Crippen LogP contribution < -0.4 is 0 Å². The lowest BCUT2D eigenvalue weighted by Gasteiger charge is -2.42. The van der Waals surface area contributed by atoms with Gasteiger partial charge in [0, 0.05) is 11.5 Å². The van der Waals surface area contributed by atoms with Crippen molar-refractivity contribution in [2.75, 3.05) is 6.61 Å². The van der Waals surface area contributed by atoms with E-state index in [0.717, 1.165) is 28.7 Å². The molecule has 0 amide bonds. The average Bonchev–Trinajstić information content (AvgIpc) is 3.45. The van der Waals surface area contributed by atoms with Gasteiger partial charge in [0.15, 0.2) is 6.29 Å². The summed E-state index contributed by atoms with van der Waals surface area (Å²) in [6.07, 6.45) is -0.570. The van der Waals surface area contributed by atoms with Gasteiger partial charge in [-0.3, -0.25) is 0 Å². The van der Waals surface area contributed by atoms with E-state index in [0.29, 0.717) is 26.4 Å². The molecule has 4 aromatic carbocycles. The van der Waals surface area contributed by atoms with E-state index in [1.807, 2.05) is 84.9 Å². The first-order valence-electron chi connectivity index (χ1n) is 14.1. The Labute approximate surface area is 236 Å². The number of hydrogen-bond donors (Lipinski definition) is 0. The lowest BCUT2D eigenvalue weighted by atomic mass is 9.81. The van der Waals surface area contributed by atoms with E-state index >= 15 is 0 Å². The predicted octanol–water partition coefficient (Wildman–Crippen LogP) is 6.88. The normalized spacial score (nSPS) is 25.9. The average molecular weight is 537 g/mol. The van der Waals surface area contributed by atoms with E-state index in [9.17, 15) is 0 Å². The van der Waals surface area contributed by atoms with Crippen molar-refractivity contribution in [1.82, 2.24) is 0 Å². The predicted molar refractivity (Wildman–Crippen MR) is 153 cm³/mol. The van der Waals surface area contributed by atoms with Crippen molar-refractivity contribution in [3.05, 3.63) is 144 Å². The molecule has 6 rings (SSSR count). The van der Waals surface area contributed by atoms with Crippen LogP contribution in [0.25, 0.3) is 0 Å². The summed E-state index contributed by atoms with van der Waals surface area (Å²) in [7, 11) is 0. The van der Waals surface area contributed by atoms with Gasteiger partial charge in [-0.25, -0.2) is 0 Å². The van der Waals surface area contributed by atoms with E-state index in [1.165, 1.54) is 0 Å². The van der Waals surface area contributed by atoms with Gasteiger partial charge in [0.25, 0.3) is 0 Å². The van der Waals surface area contributed by atoms with Gasteiger partial charge < -0.3 is 23.7 Å². The Balaban J connectivity index is 1.24. The van der Waals surface area contributed by atoms with Crippen molar-refractivity contribution in [1.29, 1.82) is 0 Å². The van der Waals surface area contributed by atoms with Gasteiger partial charge in [0.1, 0.15) is 12.2 Å². The molecule has 1 saturated heterocycles. The Hall–Kier alpha value is -3.32. The minimum Gasteiger partial charge on any atom is -0.376 e. The molecule has 4 aromatic rings. The molecule has 40 heavy (non-hydrogen) atoms. The lowest BCUT2D eigenvalue weighted by molar-refractivity contribution is -0.187. The fourth-order valence-electron chi connectivity index (χ4n) is 5.65. The summed E-state index contributed by atoms with van der Waals surface area (Å²) in [6, 6.07) is 40.9. The highest BCUT2D eigenvalue weighted by Gasteiger charge is 2.52. The van der Waals surface area contributed by atoms with Crippen molar-refractivity contribution in [3.63, 3.8) is 0 Å². The first-order valence-corrected chi connectivity index (χ1v) is 14.1. The summed E-state index contributed by atoms with van der Waals surface area (Å²) < 4.78 is 32.8. The molecule has 1 aliphatic carbocycles. The standard InChI is InChI=1S/C35H36O5/c1-5-13-26(14-6-1)22-36-25-30-21-31-33(40-35(39-31)29-19-11-4-12-20-29)34(38-24-28-17-9-3-10-18-28)32(30)37-23-27-15-7-2-8-16-27/h1-20,30-35H,21-25H2/t30?,31-,32-,33?,34?,35-/m0/s1. The number of benzene rings is 4. The van der Waals surface area contributed by atoms with Crippen LogP contribution in [-0.2, 0) is 43.5 Å². The molecule has 3 unspecified atom stereocenters. The molecule has 0 radical (unpaired) electrons. The molecule has 0 spiro atoms. The van der Waals surface area contributed by atoms with E-state index in [4.69, 9.17) is 23.7 Å². The molecule has 5 nitrogen and oxygen atoms in total. The molecule has 2 fully saturated rings. The molecule has 1 heterocycles. The number of ether oxygens (including phenoxy) is 5. The summed E-state index contributed by atoms with van der Waals surface area (Å²) in [5, 5.41) is 0. The summed E-state index contributed by atoms with van der Waals surface area (Å²) in [4.78, 5) is 0. The zero-order chi connectivity index (χ0) is 27.0. The highest BCUT2D eigenvalue weighted by atomic mass is 16.7. The summed E-state index contributed by atoms with van der Waals surface area (Å²) in [6.45, 7) is 2.06. The Kier molecular flexibility index (Phi) is 8.98. The molecule has 0 N–H and O–H groups in total. The second kappa shape index (κ2) is 13.4. The zero-order valence-electron chi connectivity index (χ0n) is 22.6. The minimum atomic E-state index is -0.433. The molecule has 1 saturated carbocycles. The molecule has 0 bridgehead atoms. The van der Waals surface area contributed by atoms with Crippen molar-refractivity contribution in [2.45, 2.75) is 56.9 Å². The van der Waals surface area contributed by atoms with Gasteiger partial charge in [-0.1, -0.05) is 121 Å². The van der Waals surface area contributed by atoms with Crippen molar-refractivity contribution in [2.24, 2.45) is 5.92 Å². The highest BCUT2D eigenvalue weighted by Crippen LogP contribution is 2.43. The van der Waals surface area contributed by atoms with Gasteiger partial charge in [0.2, 0.25) is 0 Å². The summed E-state index contributed by atoms with van der Waals surface area (Å²) in [5.74, 6) is 0.0765. The van der Waals surface area contributed by atoms with Crippen molar-refractivity contribution in [3.8, 4) is 0 Å². The monoisotopic (exact) mass is 536 g/mol. The Bertz CT molecular complexity index is 1280. The SMILES string of the molecule is c1ccc(COCC2C[C@@H]3O[C@H](c4ccccc4)OC3C(OCc3ccccc3)[C@H]2OCc2ccccc2)cc1. The van der Waals surface area contributed by atoms with Gasteiger partial charge in [-0.05, 0) is 23.1 Å². The smallest absolute Gasteiger partial charge is 0.184 e. The molecule has 6 atom stereocenters. The first kappa shape index (κ1) is 26.9. The van der Waals surface area contributed by atoms with Crippen LogP contribution in [-0.4, -0.2) is 31.0 Å². The van der Waals surface area contributed by atoms with Crippen LogP contribution >= 0.6 is 0 Å². The molecular formula is C35H36O5. The van der Waals surface area contributed by atoms with Crippen molar-refractivity contribution >= 4 is 0 Å². The van der Waals surface area contributed by atoms with E-state index in [1.54, 1.807) is 0 Å². The third-order valence-electron chi connectivity index (χ3n) is 7.68. The topological polar surface area (TPSA) is 46.2 Å². The second-order valence-corrected chi connectivity index (χ2v) is 10.5. The van der Waals surface area contributed by atoms with Crippen LogP contribution in [0.4, 0.5) is 0 Å². The fraction of sp³-hybridized carbons (Fsp3) is 0.314. The maximum absolute atomic E-state index is 6.69. The number of rotatable bonds is 11. The van der Waals surface area contributed by atoms with Crippen molar-refractivity contribution < 1.29 is 23.7 Å². The molecule has 206 valence electrons. The molecule has 2 aliphatic rings. The Morgan fingerprint density at radius 3 is 1.62 bits per heavy atom. The molecular weight excluding hydrogens is 500 g/mol. The minimum absolute atomic E-state index is 0.0765. The van der Waals surface area contributed by atoms with Crippen LogP contribution in [0.5, 0.6) is 0 Å². The zero-order valence-corrected chi connectivity index (χ0v) is 22.6. The second-order valence-electron chi connectivity index (χ2n) is 10.5. The molecule has 5 heteroatoms. The van der Waals surface area contributed by atoms with E-state index in [-0.39, 0.29) is 30.3 Å². The van der Waals surface area contributed by atoms with Crippen LogP contribution in [0.15, 0.2) is 121 Å². The summed E-state index contributed by atoms with van der Waals surface area (Å²) >= 11 is 0. The molecule has 0 aromatic heterocycles. The van der Waals surface area contributed by atoms with Crippen LogP contribution in [0, 0.1) is 5.92 Å². The van der Waals surface area contributed by atoms with Gasteiger partial charge >= 0.3 is 0 Å². The Morgan fingerprint density at radius 1 is 0.550 bits per heavy atom. The van der Waals surface area contributed by atoms with Gasteiger partial charge in [-0.2, -0.15) is 0 Å². The number of hydrogen-bond acceptors (Lipinski definition) is 5. The van der Waals surface area contributed by atoms with E-state index < -0.39 is 6.29 Å². The third kappa shape index (κ3) is 6.69. The quantitative estimate of drug-likeness (QED) is 0.209.